The second-order valence-corrected chi connectivity index (χ2v) is 4.42. The van der Waals surface area contributed by atoms with E-state index in [-0.39, 0.29) is 21.9 Å². The van der Waals surface area contributed by atoms with Crippen LogP contribution >= 0.6 is 34.8 Å². The van der Waals surface area contributed by atoms with E-state index < -0.39 is 0 Å². The molecule has 4 nitrogen and oxygen atoms in total. The Morgan fingerprint density at radius 2 is 1.71 bits per heavy atom. The van der Waals surface area contributed by atoms with Gasteiger partial charge >= 0.3 is 0 Å². The summed E-state index contributed by atoms with van der Waals surface area (Å²) in [6, 6.07) is 4.30. The number of phenolic OH excluding ortho intramolecular Hbond substituents is 1. The predicted octanol–water partition coefficient (Wildman–Crippen LogP) is 3.39. The Bertz CT molecular complexity index is 569. The second-order valence-electron chi connectivity index (χ2n) is 3.22. The van der Waals surface area contributed by atoms with Crippen LogP contribution in [-0.4, -0.2) is 15.1 Å². The maximum absolute atomic E-state index is 9.53. The van der Waals surface area contributed by atoms with Crippen LogP contribution in [0, 0.1) is 0 Å². The molecule has 0 saturated carbocycles. The van der Waals surface area contributed by atoms with Gasteiger partial charge < -0.3 is 10.8 Å². The Labute approximate surface area is 112 Å². The number of aromatic hydroxyl groups is 1. The molecule has 0 saturated heterocycles. The molecule has 1 heterocycles. The summed E-state index contributed by atoms with van der Waals surface area (Å²) in [7, 11) is 0. The van der Waals surface area contributed by atoms with Crippen LogP contribution in [0.25, 0.3) is 11.3 Å². The van der Waals surface area contributed by atoms with Crippen molar-refractivity contribution in [3.63, 3.8) is 0 Å². The lowest BCUT2D eigenvalue weighted by molar-refractivity contribution is 0.476. The fourth-order valence-electron chi connectivity index (χ4n) is 1.31. The average molecular weight is 291 g/mol. The lowest BCUT2D eigenvalue weighted by atomic mass is 10.1. The third kappa shape index (κ3) is 2.54. The summed E-state index contributed by atoms with van der Waals surface area (Å²) in [5, 5.41) is 10.2. The number of nitrogens with zero attached hydrogens (tertiary/aromatic N) is 2. The lowest BCUT2D eigenvalue weighted by Gasteiger charge is -2.06. The van der Waals surface area contributed by atoms with Crippen molar-refractivity contribution in [1.82, 2.24) is 9.97 Å². The van der Waals surface area contributed by atoms with Gasteiger partial charge in [0, 0.05) is 11.6 Å². The van der Waals surface area contributed by atoms with Gasteiger partial charge in [-0.15, -0.1) is 0 Å². The van der Waals surface area contributed by atoms with Gasteiger partial charge in [-0.25, -0.2) is 9.97 Å². The molecule has 0 unspecified atom stereocenters. The number of anilines is 1. The van der Waals surface area contributed by atoms with Crippen molar-refractivity contribution < 1.29 is 5.11 Å². The molecule has 1 aromatic heterocycles. The molecule has 1 aromatic carbocycles. The SMILES string of the molecule is Nc1nc(Cl)cc(-c2cc(O)c(Cl)cc2Cl)n1. The summed E-state index contributed by atoms with van der Waals surface area (Å²) in [4.78, 5) is 7.71. The molecule has 0 aliphatic heterocycles. The Morgan fingerprint density at radius 3 is 2.35 bits per heavy atom. The van der Waals surface area contributed by atoms with Gasteiger partial charge in [0.25, 0.3) is 0 Å². The summed E-state index contributed by atoms with van der Waals surface area (Å²) in [5.74, 6) is -0.0719. The van der Waals surface area contributed by atoms with Gasteiger partial charge in [-0.3, -0.25) is 0 Å². The molecule has 0 fully saturated rings. The van der Waals surface area contributed by atoms with Crippen molar-refractivity contribution in [3.8, 4) is 17.0 Å². The molecule has 0 atom stereocenters. The van der Waals surface area contributed by atoms with E-state index in [0.29, 0.717) is 16.3 Å². The molecule has 3 N–H and O–H groups in total. The minimum atomic E-state index is -0.0978. The maximum atomic E-state index is 9.53. The van der Waals surface area contributed by atoms with Gasteiger partial charge in [0.1, 0.15) is 10.9 Å². The van der Waals surface area contributed by atoms with E-state index in [2.05, 4.69) is 9.97 Å². The summed E-state index contributed by atoms with van der Waals surface area (Å²) in [6.07, 6.45) is 0. The molecule has 0 amide bonds. The summed E-state index contributed by atoms with van der Waals surface area (Å²) >= 11 is 17.5. The molecule has 0 aliphatic rings. The smallest absolute Gasteiger partial charge is 0.221 e. The zero-order valence-corrected chi connectivity index (χ0v) is 10.6. The molecule has 2 aromatic rings. The Morgan fingerprint density at radius 1 is 1.00 bits per heavy atom. The number of aromatic nitrogens is 2. The van der Waals surface area contributed by atoms with Crippen LogP contribution < -0.4 is 5.73 Å². The van der Waals surface area contributed by atoms with Gasteiger partial charge in [-0.1, -0.05) is 34.8 Å². The number of hydrogen-bond acceptors (Lipinski definition) is 4. The molecule has 0 radical (unpaired) electrons. The first-order valence-electron chi connectivity index (χ1n) is 4.46. The van der Waals surface area contributed by atoms with Crippen molar-refractivity contribution in [3.05, 3.63) is 33.4 Å². The van der Waals surface area contributed by atoms with Crippen LogP contribution in [0.15, 0.2) is 18.2 Å². The van der Waals surface area contributed by atoms with Crippen LogP contribution in [0.2, 0.25) is 15.2 Å². The van der Waals surface area contributed by atoms with Crippen molar-refractivity contribution in [2.75, 3.05) is 5.73 Å². The lowest BCUT2D eigenvalue weighted by Crippen LogP contribution is -1.96. The van der Waals surface area contributed by atoms with Crippen LogP contribution in [0.4, 0.5) is 5.95 Å². The number of benzene rings is 1. The number of phenols is 1. The second kappa shape index (κ2) is 4.56. The van der Waals surface area contributed by atoms with Crippen molar-refractivity contribution in [2.45, 2.75) is 0 Å². The first-order valence-corrected chi connectivity index (χ1v) is 5.59. The van der Waals surface area contributed by atoms with Gasteiger partial charge in [-0.05, 0) is 12.1 Å². The predicted molar refractivity (Wildman–Crippen MR) is 68.6 cm³/mol. The summed E-state index contributed by atoms with van der Waals surface area (Å²) < 4.78 is 0. The minimum Gasteiger partial charge on any atom is -0.506 e. The molecule has 7 heteroatoms. The minimum absolute atomic E-state index is 0.0259. The zero-order valence-electron chi connectivity index (χ0n) is 8.28. The highest BCUT2D eigenvalue weighted by Crippen LogP contribution is 2.35. The number of halogens is 3. The fourth-order valence-corrected chi connectivity index (χ4v) is 1.98. The largest absolute Gasteiger partial charge is 0.506 e. The van der Waals surface area contributed by atoms with Gasteiger partial charge in [0.05, 0.1) is 15.7 Å². The molecular weight excluding hydrogens is 284 g/mol. The average Bonchev–Trinajstić information content (AvgIpc) is 2.22. The monoisotopic (exact) mass is 289 g/mol. The van der Waals surface area contributed by atoms with Gasteiger partial charge in [-0.2, -0.15) is 0 Å². The molecule has 17 heavy (non-hydrogen) atoms. The summed E-state index contributed by atoms with van der Waals surface area (Å²) in [5.41, 5.74) is 6.37. The van der Waals surface area contributed by atoms with Gasteiger partial charge in [0.2, 0.25) is 5.95 Å². The topological polar surface area (TPSA) is 72.0 Å². The molecule has 0 aliphatic carbocycles. The highest BCUT2D eigenvalue weighted by atomic mass is 35.5. The molecular formula is C10H6Cl3N3O. The molecule has 2 rings (SSSR count). The van der Waals surface area contributed by atoms with E-state index in [4.69, 9.17) is 40.5 Å². The van der Waals surface area contributed by atoms with E-state index >= 15 is 0 Å². The number of nitrogens with two attached hydrogens (primary N) is 1. The maximum Gasteiger partial charge on any atom is 0.221 e. The van der Waals surface area contributed by atoms with Crippen LogP contribution in [0.5, 0.6) is 5.75 Å². The Balaban J connectivity index is 2.64. The van der Waals surface area contributed by atoms with Crippen LogP contribution in [-0.2, 0) is 0 Å². The third-order valence-electron chi connectivity index (χ3n) is 2.02. The standard InChI is InChI=1S/C10H6Cl3N3O/c11-5-2-6(12)8(17)1-4(5)7-3-9(13)16-10(14)15-7/h1-3,17H,(H2,14,15,16). The van der Waals surface area contributed by atoms with E-state index in [1.165, 1.54) is 18.2 Å². The number of nitrogen functional groups attached to an aromatic ring is 1. The molecule has 0 bridgehead atoms. The van der Waals surface area contributed by atoms with E-state index in [0.717, 1.165) is 0 Å². The number of hydrogen-bond donors (Lipinski definition) is 2. The highest BCUT2D eigenvalue weighted by Gasteiger charge is 2.11. The Hall–Kier alpha value is -1.23. The normalized spacial score (nSPS) is 10.5. The first-order chi connectivity index (χ1) is 7.97. The van der Waals surface area contributed by atoms with E-state index in [1.54, 1.807) is 0 Å². The first kappa shape index (κ1) is 12.2. The van der Waals surface area contributed by atoms with Crippen molar-refractivity contribution in [1.29, 1.82) is 0 Å². The molecule has 0 spiro atoms. The summed E-state index contributed by atoms with van der Waals surface area (Å²) in [6.45, 7) is 0. The van der Waals surface area contributed by atoms with E-state index in [9.17, 15) is 5.11 Å². The third-order valence-corrected chi connectivity index (χ3v) is 2.83. The van der Waals surface area contributed by atoms with Crippen LogP contribution in [0.3, 0.4) is 0 Å². The molecule has 88 valence electrons. The van der Waals surface area contributed by atoms with Crippen molar-refractivity contribution in [2.24, 2.45) is 0 Å². The zero-order chi connectivity index (χ0) is 12.6. The van der Waals surface area contributed by atoms with Gasteiger partial charge in [0.15, 0.2) is 0 Å². The highest BCUT2D eigenvalue weighted by molar-refractivity contribution is 6.37. The van der Waals surface area contributed by atoms with Crippen molar-refractivity contribution >= 4 is 40.8 Å². The number of rotatable bonds is 1. The quantitative estimate of drug-likeness (QED) is 0.790. The van der Waals surface area contributed by atoms with E-state index in [1.807, 2.05) is 0 Å². The Kier molecular flexibility index (Phi) is 3.28. The fraction of sp³-hybridized carbons (Fsp3) is 0. The van der Waals surface area contributed by atoms with Crippen LogP contribution in [0.1, 0.15) is 0 Å².